The van der Waals surface area contributed by atoms with Gasteiger partial charge in [0.2, 0.25) is 0 Å². The molecule has 1 saturated carbocycles. The smallest absolute Gasteiger partial charge is 0.0764 e. The van der Waals surface area contributed by atoms with Crippen molar-refractivity contribution in [3.8, 4) is 0 Å². The minimum absolute atomic E-state index is 0.122. The fourth-order valence-electron chi connectivity index (χ4n) is 2.95. The molecule has 20 heavy (non-hydrogen) atoms. The summed E-state index contributed by atoms with van der Waals surface area (Å²) in [5, 5.41) is 18.1. The molecule has 0 amide bonds. The predicted octanol–water partition coefficient (Wildman–Crippen LogP) is 4.04. The Kier molecular flexibility index (Phi) is 4.89. The summed E-state index contributed by atoms with van der Waals surface area (Å²) in [6, 6.07) is 8.89. The second-order valence-corrected chi connectivity index (χ2v) is 7.44. The van der Waals surface area contributed by atoms with E-state index in [1.807, 2.05) is 0 Å². The van der Waals surface area contributed by atoms with E-state index in [9.17, 15) is 5.11 Å². The van der Waals surface area contributed by atoms with Gasteiger partial charge in [-0.3, -0.25) is 0 Å². The second-order valence-electron chi connectivity index (χ2n) is 5.48. The molecule has 2 N–H and O–H groups in total. The number of hydrogen-bond acceptors (Lipinski definition) is 4. The number of aliphatic hydroxyl groups is 1. The number of rotatable bonds is 5. The first kappa shape index (κ1) is 14.3. The average molecular weight is 307 g/mol. The fraction of sp³-hybridized carbons (Fsp3) is 0.500. The first-order valence-corrected chi connectivity index (χ1v) is 9.09. The molecule has 2 atom stereocenters. The fourth-order valence-corrected chi connectivity index (χ4v) is 4.66. The number of hydrogen-bond donors (Lipinski definition) is 2. The van der Waals surface area contributed by atoms with E-state index in [0.29, 0.717) is 5.92 Å². The van der Waals surface area contributed by atoms with Gasteiger partial charge in [-0.2, -0.15) is 0 Å². The third-order valence-corrected chi connectivity index (χ3v) is 5.98. The summed E-state index contributed by atoms with van der Waals surface area (Å²) >= 11 is 3.60. The van der Waals surface area contributed by atoms with Crippen molar-refractivity contribution in [3.05, 3.63) is 44.8 Å². The first-order chi connectivity index (χ1) is 9.84. The molecular formula is C16H21NOS2. The van der Waals surface area contributed by atoms with Gasteiger partial charge in [-0.05, 0) is 41.7 Å². The minimum Gasteiger partial charge on any atom is -0.393 e. The summed E-state index contributed by atoms with van der Waals surface area (Å²) in [5.74, 6) is 0.408. The summed E-state index contributed by atoms with van der Waals surface area (Å²) in [4.78, 5) is 2.72. The molecular weight excluding hydrogens is 286 g/mol. The van der Waals surface area contributed by atoms with Gasteiger partial charge in [-0.15, -0.1) is 22.7 Å². The molecule has 2 nitrogen and oxygen atoms in total. The third-order valence-electron chi connectivity index (χ3n) is 4.11. The Bertz CT molecular complexity index is 460. The molecule has 0 saturated heterocycles. The monoisotopic (exact) mass is 307 g/mol. The van der Waals surface area contributed by atoms with Gasteiger partial charge < -0.3 is 10.4 Å². The summed E-state index contributed by atoms with van der Waals surface area (Å²) < 4.78 is 0. The van der Waals surface area contributed by atoms with Crippen LogP contribution in [0.5, 0.6) is 0 Å². The van der Waals surface area contributed by atoms with Crippen LogP contribution < -0.4 is 5.32 Å². The molecule has 2 aromatic heterocycles. The highest BCUT2D eigenvalue weighted by Crippen LogP contribution is 2.30. The maximum atomic E-state index is 10.1. The second kappa shape index (κ2) is 6.85. The third kappa shape index (κ3) is 3.31. The van der Waals surface area contributed by atoms with Crippen LogP contribution in [0.4, 0.5) is 0 Å². The molecule has 0 bridgehead atoms. The zero-order chi connectivity index (χ0) is 13.8. The lowest BCUT2D eigenvalue weighted by Crippen LogP contribution is -2.35. The van der Waals surface area contributed by atoms with E-state index in [-0.39, 0.29) is 12.1 Å². The molecule has 1 fully saturated rings. The number of thiophene rings is 2. The molecule has 1 aliphatic carbocycles. The van der Waals surface area contributed by atoms with Crippen LogP contribution in [0.25, 0.3) is 0 Å². The van der Waals surface area contributed by atoms with Crippen molar-refractivity contribution < 1.29 is 5.11 Å². The molecule has 108 valence electrons. The van der Waals surface area contributed by atoms with Crippen molar-refractivity contribution in [2.24, 2.45) is 5.92 Å². The van der Waals surface area contributed by atoms with E-state index in [1.165, 1.54) is 22.6 Å². The van der Waals surface area contributed by atoms with Crippen molar-refractivity contribution in [1.82, 2.24) is 5.32 Å². The van der Waals surface area contributed by atoms with Crippen LogP contribution in [0, 0.1) is 5.92 Å². The molecule has 2 heterocycles. The quantitative estimate of drug-likeness (QED) is 0.874. The highest BCUT2D eigenvalue weighted by Gasteiger charge is 2.24. The van der Waals surface area contributed by atoms with Crippen molar-refractivity contribution in [2.75, 3.05) is 6.54 Å². The largest absolute Gasteiger partial charge is 0.393 e. The number of nitrogens with one attached hydrogen (secondary N) is 1. The molecule has 0 spiro atoms. The van der Waals surface area contributed by atoms with Gasteiger partial charge in [-0.1, -0.05) is 25.0 Å². The summed E-state index contributed by atoms with van der Waals surface area (Å²) in [6.07, 6.45) is 4.43. The Morgan fingerprint density at radius 2 is 1.75 bits per heavy atom. The zero-order valence-electron chi connectivity index (χ0n) is 11.5. The van der Waals surface area contributed by atoms with Crippen LogP contribution in [-0.2, 0) is 0 Å². The summed E-state index contributed by atoms with van der Waals surface area (Å²) in [6.45, 7) is 0.904. The van der Waals surface area contributed by atoms with Crippen LogP contribution in [0.15, 0.2) is 35.0 Å². The van der Waals surface area contributed by atoms with Gasteiger partial charge in [0.05, 0.1) is 12.1 Å². The lowest BCUT2D eigenvalue weighted by atomic mass is 9.86. The van der Waals surface area contributed by atoms with Crippen LogP contribution in [0.3, 0.4) is 0 Å². The normalized spacial score (nSPS) is 23.3. The van der Waals surface area contributed by atoms with Crippen LogP contribution >= 0.6 is 22.7 Å². The maximum absolute atomic E-state index is 10.1. The minimum atomic E-state index is -0.122. The SMILES string of the molecule is OC1CCCCC1CNC(c1cccs1)c1cccs1. The Morgan fingerprint density at radius 1 is 1.10 bits per heavy atom. The lowest BCUT2D eigenvalue weighted by molar-refractivity contribution is 0.0688. The Morgan fingerprint density at radius 3 is 2.30 bits per heavy atom. The maximum Gasteiger partial charge on any atom is 0.0764 e. The van der Waals surface area contributed by atoms with E-state index in [1.54, 1.807) is 22.7 Å². The van der Waals surface area contributed by atoms with Gasteiger partial charge in [0.15, 0.2) is 0 Å². The topological polar surface area (TPSA) is 32.3 Å². The standard InChI is InChI=1S/C16H21NOS2/c18-13-6-2-1-5-12(13)11-17-16(14-7-3-9-19-14)15-8-4-10-20-15/h3-4,7-10,12-13,16-18H,1-2,5-6,11H2. The van der Waals surface area contributed by atoms with E-state index < -0.39 is 0 Å². The molecule has 1 aliphatic rings. The molecule has 2 aromatic rings. The predicted molar refractivity (Wildman–Crippen MR) is 86.4 cm³/mol. The molecule has 3 rings (SSSR count). The number of aliphatic hydroxyl groups excluding tert-OH is 1. The van der Waals surface area contributed by atoms with Gasteiger partial charge in [-0.25, -0.2) is 0 Å². The Balaban J connectivity index is 1.68. The zero-order valence-corrected chi connectivity index (χ0v) is 13.1. The van der Waals surface area contributed by atoms with Crippen molar-refractivity contribution in [3.63, 3.8) is 0 Å². The van der Waals surface area contributed by atoms with Crippen molar-refractivity contribution >= 4 is 22.7 Å². The first-order valence-electron chi connectivity index (χ1n) is 7.33. The van der Waals surface area contributed by atoms with Crippen molar-refractivity contribution in [2.45, 2.75) is 37.8 Å². The van der Waals surface area contributed by atoms with E-state index >= 15 is 0 Å². The Labute approximate surface area is 128 Å². The highest BCUT2D eigenvalue weighted by atomic mass is 32.1. The van der Waals surface area contributed by atoms with Crippen LogP contribution in [0.2, 0.25) is 0 Å². The molecule has 0 radical (unpaired) electrons. The van der Waals surface area contributed by atoms with Gasteiger partial charge >= 0.3 is 0 Å². The van der Waals surface area contributed by atoms with Crippen LogP contribution in [0.1, 0.15) is 41.5 Å². The molecule has 2 unspecified atom stereocenters. The van der Waals surface area contributed by atoms with E-state index in [0.717, 1.165) is 19.4 Å². The van der Waals surface area contributed by atoms with E-state index in [4.69, 9.17) is 0 Å². The Hall–Kier alpha value is -0.680. The van der Waals surface area contributed by atoms with Crippen molar-refractivity contribution in [1.29, 1.82) is 0 Å². The molecule has 0 aliphatic heterocycles. The van der Waals surface area contributed by atoms with Crippen LogP contribution in [-0.4, -0.2) is 17.8 Å². The van der Waals surface area contributed by atoms with Gasteiger partial charge in [0.25, 0.3) is 0 Å². The molecule has 4 heteroatoms. The summed E-state index contributed by atoms with van der Waals surface area (Å²) in [5.41, 5.74) is 0. The van der Waals surface area contributed by atoms with Gasteiger partial charge in [0.1, 0.15) is 0 Å². The molecule has 0 aromatic carbocycles. The lowest BCUT2D eigenvalue weighted by Gasteiger charge is -2.29. The summed E-state index contributed by atoms with van der Waals surface area (Å²) in [7, 11) is 0. The highest BCUT2D eigenvalue weighted by molar-refractivity contribution is 7.11. The average Bonchev–Trinajstić information content (AvgIpc) is 3.14. The van der Waals surface area contributed by atoms with E-state index in [2.05, 4.69) is 40.3 Å². The van der Waals surface area contributed by atoms with Gasteiger partial charge in [0, 0.05) is 16.3 Å².